The van der Waals surface area contributed by atoms with Crippen molar-refractivity contribution in [3.63, 3.8) is 0 Å². The zero-order chi connectivity index (χ0) is 26.2. The predicted octanol–water partition coefficient (Wildman–Crippen LogP) is 3.22. The first kappa shape index (κ1) is 26.2. The Bertz CT molecular complexity index is 1250. The van der Waals surface area contributed by atoms with Crippen molar-refractivity contribution in [3.8, 4) is 11.5 Å². The van der Waals surface area contributed by atoms with Crippen LogP contribution in [-0.4, -0.2) is 59.7 Å². The van der Waals surface area contributed by atoms with Gasteiger partial charge >= 0.3 is 5.97 Å². The number of carbonyl (C=O) groups excluding carboxylic acids is 4. The number of ether oxygens (including phenoxy) is 3. The van der Waals surface area contributed by atoms with Crippen molar-refractivity contribution in [2.45, 2.75) is 6.92 Å². The summed E-state index contributed by atoms with van der Waals surface area (Å²) in [6, 6.07) is 10.1. The highest BCUT2D eigenvalue weighted by Crippen LogP contribution is 2.34. The zero-order valence-electron chi connectivity index (χ0n) is 19.2. The molecule has 0 spiro atoms. The van der Waals surface area contributed by atoms with Crippen LogP contribution in [0.15, 0.2) is 47.4 Å². The summed E-state index contributed by atoms with van der Waals surface area (Å²) >= 11 is 0.696. The maximum Gasteiger partial charge on any atom is 0.326 e. The van der Waals surface area contributed by atoms with E-state index < -0.39 is 41.1 Å². The third kappa shape index (κ3) is 6.60. The van der Waals surface area contributed by atoms with Gasteiger partial charge in [-0.05, 0) is 48.5 Å². The number of nitro benzene ring substituents is 1. The van der Waals surface area contributed by atoms with Gasteiger partial charge in [-0.1, -0.05) is 12.1 Å². The second-order valence-corrected chi connectivity index (χ2v) is 8.12. The number of carbonyl (C=O) groups is 4. The summed E-state index contributed by atoms with van der Waals surface area (Å²) in [6.07, 6.45) is 1.47. The molecule has 1 aliphatic heterocycles. The van der Waals surface area contributed by atoms with E-state index in [9.17, 15) is 29.3 Å². The third-order valence-electron chi connectivity index (χ3n) is 4.65. The van der Waals surface area contributed by atoms with Gasteiger partial charge in [0.1, 0.15) is 6.54 Å². The minimum atomic E-state index is -0.682. The number of amides is 3. The highest BCUT2D eigenvalue weighted by molar-refractivity contribution is 8.18. The molecule has 1 fully saturated rings. The number of methoxy groups -OCH3 is 1. The summed E-state index contributed by atoms with van der Waals surface area (Å²) in [7, 11) is 1.39. The molecule has 1 saturated heterocycles. The monoisotopic (exact) mass is 515 g/mol. The lowest BCUT2D eigenvalue weighted by atomic mass is 10.2. The molecule has 1 N–H and O–H groups in total. The summed E-state index contributed by atoms with van der Waals surface area (Å²) in [4.78, 5) is 59.8. The molecule has 0 atom stereocenters. The van der Waals surface area contributed by atoms with Gasteiger partial charge in [0.25, 0.3) is 22.7 Å². The number of nitro groups is 1. The van der Waals surface area contributed by atoms with Crippen molar-refractivity contribution in [2.75, 3.05) is 32.2 Å². The van der Waals surface area contributed by atoms with E-state index in [0.29, 0.717) is 17.3 Å². The van der Waals surface area contributed by atoms with Crippen LogP contribution >= 0.6 is 11.8 Å². The van der Waals surface area contributed by atoms with Gasteiger partial charge in [-0.3, -0.25) is 34.2 Å². The van der Waals surface area contributed by atoms with Crippen LogP contribution in [0, 0.1) is 10.1 Å². The topological polar surface area (TPSA) is 154 Å². The van der Waals surface area contributed by atoms with Gasteiger partial charge in [-0.15, -0.1) is 0 Å². The van der Waals surface area contributed by atoms with E-state index >= 15 is 0 Å². The van der Waals surface area contributed by atoms with Gasteiger partial charge in [-0.25, -0.2) is 0 Å². The van der Waals surface area contributed by atoms with Gasteiger partial charge in [0.2, 0.25) is 0 Å². The highest BCUT2D eigenvalue weighted by Gasteiger charge is 2.36. The molecule has 1 heterocycles. The molecular formula is C23H21N3O9S. The molecule has 3 rings (SSSR count). The van der Waals surface area contributed by atoms with E-state index in [1.165, 1.54) is 43.5 Å². The van der Waals surface area contributed by atoms with E-state index in [1.807, 2.05) is 0 Å². The Hall–Kier alpha value is -4.39. The van der Waals surface area contributed by atoms with Gasteiger partial charge in [0.05, 0.1) is 23.5 Å². The maximum absolute atomic E-state index is 12.5. The van der Waals surface area contributed by atoms with Gasteiger partial charge in [0.15, 0.2) is 18.1 Å². The first-order valence-electron chi connectivity index (χ1n) is 10.5. The fourth-order valence-corrected chi connectivity index (χ4v) is 3.89. The number of anilines is 1. The molecule has 36 heavy (non-hydrogen) atoms. The lowest BCUT2D eigenvalue weighted by Crippen LogP contribution is -2.34. The number of hydrogen-bond acceptors (Lipinski definition) is 10. The standard InChI is InChI=1S/C23H21N3O9S/c1-3-34-21(28)12-25-22(29)19(36-23(25)30)10-14-7-8-17(18(9-14)33-2)35-13-20(27)24-15-5-4-6-16(11-15)26(31)32/h4-11H,3,12-13H2,1-2H3,(H,24,27)/b19-10-. The number of imide groups is 1. The number of nitrogens with one attached hydrogen (secondary N) is 1. The SMILES string of the molecule is CCOC(=O)CN1C(=O)S/C(=C\c2ccc(OCC(=O)Nc3cccc([N+](=O)[O-])c3)c(OC)c2)C1=O. The average Bonchev–Trinajstić information content (AvgIpc) is 3.10. The van der Waals surface area contributed by atoms with Crippen LogP contribution in [0.4, 0.5) is 16.2 Å². The third-order valence-corrected chi connectivity index (χ3v) is 5.56. The van der Waals surface area contributed by atoms with Crippen LogP contribution in [-0.2, 0) is 19.1 Å². The molecule has 1 aliphatic rings. The molecule has 0 bridgehead atoms. The largest absolute Gasteiger partial charge is 0.493 e. The molecule has 0 aliphatic carbocycles. The number of non-ortho nitro benzene ring substituents is 1. The molecule has 13 heteroatoms. The van der Waals surface area contributed by atoms with Crippen LogP contribution in [0.2, 0.25) is 0 Å². The number of esters is 1. The molecular weight excluding hydrogens is 494 g/mol. The second-order valence-electron chi connectivity index (χ2n) is 7.13. The first-order chi connectivity index (χ1) is 17.2. The number of rotatable bonds is 10. The molecule has 0 aromatic heterocycles. The minimum absolute atomic E-state index is 0.122. The molecule has 2 aromatic rings. The number of thioether (sulfide) groups is 1. The minimum Gasteiger partial charge on any atom is -0.493 e. The van der Waals surface area contributed by atoms with Gasteiger partial charge in [-0.2, -0.15) is 0 Å². The predicted molar refractivity (Wildman–Crippen MR) is 130 cm³/mol. The van der Waals surface area contributed by atoms with Crippen molar-refractivity contribution < 1.29 is 38.3 Å². The van der Waals surface area contributed by atoms with E-state index in [0.717, 1.165) is 4.90 Å². The Kier molecular flexibility index (Phi) is 8.62. The van der Waals surface area contributed by atoms with Crippen molar-refractivity contribution in [2.24, 2.45) is 0 Å². The van der Waals surface area contributed by atoms with E-state index in [-0.39, 0.29) is 34.4 Å². The van der Waals surface area contributed by atoms with E-state index in [1.54, 1.807) is 19.1 Å². The molecule has 0 unspecified atom stereocenters. The second kappa shape index (κ2) is 11.8. The summed E-state index contributed by atoms with van der Waals surface area (Å²) in [5, 5.41) is 12.8. The Morgan fingerprint density at radius 1 is 1.17 bits per heavy atom. The van der Waals surface area contributed by atoms with Gasteiger partial charge in [0, 0.05) is 17.8 Å². The van der Waals surface area contributed by atoms with Crippen LogP contribution < -0.4 is 14.8 Å². The Morgan fingerprint density at radius 2 is 1.94 bits per heavy atom. The van der Waals surface area contributed by atoms with E-state index in [2.05, 4.69) is 5.32 Å². The van der Waals surface area contributed by atoms with Crippen molar-refractivity contribution >= 4 is 52.2 Å². The molecule has 188 valence electrons. The maximum atomic E-state index is 12.5. The Balaban J connectivity index is 1.65. The summed E-state index contributed by atoms with van der Waals surface area (Å²) < 4.78 is 15.6. The first-order valence-corrected chi connectivity index (χ1v) is 11.3. The molecule has 0 radical (unpaired) electrons. The number of benzene rings is 2. The van der Waals surface area contributed by atoms with Crippen molar-refractivity contribution in [3.05, 3.63) is 63.0 Å². The van der Waals surface area contributed by atoms with Gasteiger partial charge < -0.3 is 19.5 Å². The highest BCUT2D eigenvalue weighted by atomic mass is 32.2. The van der Waals surface area contributed by atoms with Crippen LogP contribution in [0.1, 0.15) is 12.5 Å². The normalized spacial score (nSPS) is 14.1. The molecule has 2 aromatic carbocycles. The van der Waals surface area contributed by atoms with Crippen LogP contribution in [0.25, 0.3) is 6.08 Å². The lowest BCUT2D eigenvalue weighted by Gasteiger charge is -2.12. The molecule has 12 nitrogen and oxygen atoms in total. The van der Waals surface area contributed by atoms with Crippen molar-refractivity contribution in [1.29, 1.82) is 0 Å². The molecule has 0 saturated carbocycles. The summed E-state index contributed by atoms with van der Waals surface area (Å²) in [6.45, 7) is 0.890. The quantitative estimate of drug-likeness (QED) is 0.216. The number of nitrogens with zero attached hydrogens (tertiary/aromatic N) is 2. The lowest BCUT2D eigenvalue weighted by molar-refractivity contribution is -0.384. The summed E-state index contributed by atoms with van der Waals surface area (Å²) in [5.74, 6) is -1.34. The Morgan fingerprint density at radius 3 is 2.64 bits per heavy atom. The fraction of sp³-hybridized carbons (Fsp3) is 0.217. The number of hydrogen-bond donors (Lipinski definition) is 1. The van der Waals surface area contributed by atoms with Crippen LogP contribution in [0.5, 0.6) is 11.5 Å². The molecule has 3 amide bonds. The smallest absolute Gasteiger partial charge is 0.326 e. The van der Waals surface area contributed by atoms with Crippen LogP contribution in [0.3, 0.4) is 0 Å². The Labute approximate surface area is 209 Å². The average molecular weight is 516 g/mol. The van der Waals surface area contributed by atoms with Crippen molar-refractivity contribution in [1.82, 2.24) is 4.90 Å². The fourth-order valence-electron chi connectivity index (χ4n) is 3.05. The zero-order valence-corrected chi connectivity index (χ0v) is 20.0. The van der Waals surface area contributed by atoms with E-state index in [4.69, 9.17) is 14.2 Å². The summed E-state index contributed by atoms with van der Waals surface area (Å²) in [5.41, 5.74) is 0.601.